The van der Waals surface area contributed by atoms with Crippen molar-refractivity contribution in [1.82, 2.24) is 0 Å². The molecule has 0 saturated carbocycles. The molecule has 2 amide bonds. The van der Waals surface area contributed by atoms with Crippen LogP contribution in [0.1, 0.15) is 13.8 Å². The molecule has 2 aromatic rings. The van der Waals surface area contributed by atoms with Crippen LogP contribution in [-0.4, -0.2) is 17.9 Å². The van der Waals surface area contributed by atoms with E-state index in [0.29, 0.717) is 16.4 Å². The molecule has 0 spiro atoms. The number of halogens is 1. The molecule has 0 aliphatic rings. The monoisotopic (exact) mass is 331 g/mol. The Bertz CT molecular complexity index is 718. The fourth-order valence-corrected chi connectivity index (χ4v) is 2.21. The summed E-state index contributed by atoms with van der Waals surface area (Å²) < 4.78 is 0. The first-order valence-corrected chi connectivity index (χ1v) is 7.52. The summed E-state index contributed by atoms with van der Waals surface area (Å²) >= 11 is 5.90. The Morgan fingerprint density at radius 1 is 0.957 bits per heavy atom. The van der Waals surface area contributed by atoms with Crippen molar-refractivity contribution in [3.05, 3.63) is 53.6 Å². The Labute approximate surface area is 140 Å². The minimum atomic E-state index is -0.457. The van der Waals surface area contributed by atoms with Gasteiger partial charge in [-0.05, 0) is 43.3 Å². The average molecular weight is 332 g/mol. The van der Waals surface area contributed by atoms with Crippen LogP contribution in [0.3, 0.4) is 0 Å². The second-order valence-electron chi connectivity index (χ2n) is 5.13. The Kier molecular flexibility index (Phi) is 5.60. The molecule has 1 atom stereocenters. The van der Waals surface area contributed by atoms with Gasteiger partial charge in [-0.3, -0.25) is 9.59 Å². The van der Waals surface area contributed by atoms with E-state index in [1.165, 1.54) is 6.92 Å². The van der Waals surface area contributed by atoms with Crippen molar-refractivity contribution in [2.45, 2.75) is 19.9 Å². The number of amides is 2. The van der Waals surface area contributed by atoms with E-state index in [1.54, 1.807) is 49.4 Å². The van der Waals surface area contributed by atoms with E-state index < -0.39 is 6.04 Å². The zero-order valence-corrected chi connectivity index (χ0v) is 13.6. The van der Waals surface area contributed by atoms with Crippen molar-refractivity contribution in [3.63, 3.8) is 0 Å². The van der Waals surface area contributed by atoms with E-state index in [1.807, 2.05) is 6.07 Å². The maximum Gasteiger partial charge on any atom is 0.246 e. The van der Waals surface area contributed by atoms with Gasteiger partial charge in [0.15, 0.2) is 0 Å². The van der Waals surface area contributed by atoms with Crippen LogP contribution in [0.5, 0.6) is 0 Å². The smallest absolute Gasteiger partial charge is 0.246 e. The van der Waals surface area contributed by atoms with Crippen LogP contribution >= 0.6 is 11.6 Å². The van der Waals surface area contributed by atoms with E-state index in [0.717, 1.165) is 5.69 Å². The van der Waals surface area contributed by atoms with Crippen molar-refractivity contribution >= 4 is 40.5 Å². The predicted octanol–water partition coefficient (Wildman–Crippen LogP) is 3.74. The van der Waals surface area contributed by atoms with Crippen molar-refractivity contribution in [1.29, 1.82) is 0 Å². The molecule has 0 radical (unpaired) electrons. The largest absolute Gasteiger partial charge is 0.374 e. The average Bonchev–Trinajstić information content (AvgIpc) is 2.46. The predicted molar refractivity (Wildman–Crippen MR) is 93.9 cm³/mol. The van der Waals surface area contributed by atoms with Crippen LogP contribution in [0.2, 0.25) is 5.02 Å². The minimum absolute atomic E-state index is 0.145. The third-order valence-electron chi connectivity index (χ3n) is 3.05. The van der Waals surface area contributed by atoms with Gasteiger partial charge in [-0.25, -0.2) is 0 Å². The van der Waals surface area contributed by atoms with E-state index in [4.69, 9.17) is 11.6 Å². The molecule has 0 aliphatic heterocycles. The van der Waals surface area contributed by atoms with Crippen molar-refractivity contribution in [2.75, 3.05) is 16.0 Å². The summed E-state index contributed by atoms with van der Waals surface area (Å²) in [6.45, 7) is 3.20. The van der Waals surface area contributed by atoms with Crippen LogP contribution in [-0.2, 0) is 9.59 Å². The molecule has 3 N–H and O–H groups in total. The molecule has 6 heteroatoms. The molecule has 0 aliphatic carbocycles. The Morgan fingerprint density at radius 3 is 2.22 bits per heavy atom. The lowest BCUT2D eigenvalue weighted by atomic mass is 10.2. The Balaban J connectivity index is 1.99. The van der Waals surface area contributed by atoms with E-state index in [2.05, 4.69) is 16.0 Å². The maximum absolute atomic E-state index is 12.2. The second-order valence-corrected chi connectivity index (χ2v) is 5.56. The van der Waals surface area contributed by atoms with Crippen LogP contribution < -0.4 is 16.0 Å². The number of hydrogen-bond acceptors (Lipinski definition) is 3. The second kappa shape index (κ2) is 7.65. The molecule has 5 nitrogen and oxygen atoms in total. The van der Waals surface area contributed by atoms with Gasteiger partial charge < -0.3 is 16.0 Å². The lowest BCUT2D eigenvalue weighted by molar-refractivity contribution is -0.116. The lowest BCUT2D eigenvalue weighted by Gasteiger charge is -2.16. The molecule has 0 unspecified atom stereocenters. The highest BCUT2D eigenvalue weighted by atomic mass is 35.5. The van der Waals surface area contributed by atoms with Crippen LogP contribution in [0.4, 0.5) is 17.1 Å². The summed E-state index contributed by atoms with van der Waals surface area (Å²) in [5, 5.41) is 9.15. The van der Waals surface area contributed by atoms with E-state index >= 15 is 0 Å². The number of carbonyl (C=O) groups excluding carboxylic acids is 2. The number of anilines is 3. The van der Waals surface area contributed by atoms with Gasteiger partial charge in [0.25, 0.3) is 0 Å². The van der Waals surface area contributed by atoms with Crippen LogP contribution in [0.25, 0.3) is 0 Å². The van der Waals surface area contributed by atoms with Crippen LogP contribution in [0, 0.1) is 0 Å². The summed E-state index contributed by atoms with van der Waals surface area (Å²) in [4.78, 5) is 23.3. The SMILES string of the molecule is CC(=O)Nc1cccc(N[C@H](C)C(=O)Nc2cccc(Cl)c2)c1. The highest BCUT2D eigenvalue weighted by molar-refractivity contribution is 6.30. The Morgan fingerprint density at radius 2 is 1.57 bits per heavy atom. The highest BCUT2D eigenvalue weighted by Gasteiger charge is 2.13. The minimum Gasteiger partial charge on any atom is -0.374 e. The van der Waals surface area contributed by atoms with E-state index in [9.17, 15) is 9.59 Å². The number of carbonyl (C=O) groups is 2. The van der Waals surface area contributed by atoms with Gasteiger partial charge in [-0.15, -0.1) is 0 Å². The molecule has 0 bridgehead atoms. The molecule has 0 saturated heterocycles. The molecule has 0 aromatic heterocycles. The molecular weight excluding hydrogens is 314 g/mol. The number of hydrogen-bond donors (Lipinski definition) is 3. The maximum atomic E-state index is 12.2. The first-order chi connectivity index (χ1) is 10.9. The summed E-state index contributed by atoms with van der Waals surface area (Å²) in [5.41, 5.74) is 2.05. The summed E-state index contributed by atoms with van der Waals surface area (Å²) in [6.07, 6.45) is 0. The van der Waals surface area contributed by atoms with Crippen molar-refractivity contribution in [2.24, 2.45) is 0 Å². The van der Waals surface area contributed by atoms with Gasteiger partial charge in [-0.2, -0.15) is 0 Å². The Hall–Kier alpha value is -2.53. The van der Waals surface area contributed by atoms with Gasteiger partial charge in [0, 0.05) is 29.0 Å². The third kappa shape index (κ3) is 5.30. The summed E-state index contributed by atoms with van der Waals surface area (Å²) in [6, 6.07) is 13.7. The summed E-state index contributed by atoms with van der Waals surface area (Å²) in [7, 11) is 0. The fraction of sp³-hybridized carbons (Fsp3) is 0.176. The van der Waals surface area contributed by atoms with Gasteiger partial charge in [0.05, 0.1) is 0 Å². The molecule has 2 aromatic carbocycles. The fourth-order valence-electron chi connectivity index (χ4n) is 2.02. The first-order valence-electron chi connectivity index (χ1n) is 7.14. The van der Waals surface area contributed by atoms with Gasteiger partial charge in [-0.1, -0.05) is 23.7 Å². The number of benzene rings is 2. The standard InChI is InChI=1S/C17H18ClN3O2/c1-11(17(23)21-14-6-3-5-13(18)9-14)19-15-7-4-8-16(10-15)20-12(2)22/h3-11,19H,1-2H3,(H,20,22)(H,21,23)/t11-/m1/s1. The number of rotatable bonds is 5. The van der Waals surface area contributed by atoms with Crippen molar-refractivity contribution in [3.8, 4) is 0 Å². The zero-order valence-electron chi connectivity index (χ0n) is 12.9. The van der Waals surface area contributed by atoms with E-state index in [-0.39, 0.29) is 11.8 Å². The normalized spacial score (nSPS) is 11.4. The van der Waals surface area contributed by atoms with Gasteiger partial charge in [0.2, 0.25) is 11.8 Å². The third-order valence-corrected chi connectivity index (χ3v) is 3.29. The molecular formula is C17H18ClN3O2. The summed E-state index contributed by atoms with van der Waals surface area (Å²) in [5.74, 6) is -0.328. The molecule has 2 rings (SSSR count). The van der Waals surface area contributed by atoms with Crippen molar-refractivity contribution < 1.29 is 9.59 Å². The highest BCUT2D eigenvalue weighted by Crippen LogP contribution is 2.18. The molecule has 0 fully saturated rings. The van der Waals surface area contributed by atoms with Gasteiger partial charge >= 0.3 is 0 Å². The molecule has 120 valence electrons. The topological polar surface area (TPSA) is 70.2 Å². The first kappa shape index (κ1) is 16.8. The quantitative estimate of drug-likeness (QED) is 0.781. The molecule has 23 heavy (non-hydrogen) atoms. The number of nitrogens with one attached hydrogen (secondary N) is 3. The van der Waals surface area contributed by atoms with Gasteiger partial charge in [0.1, 0.15) is 6.04 Å². The molecule has 0 heterocycles. The zero-order chi connectivity index (χ0) is 16.8. The van der Waals surface area contributed by atoms with Crippen LogP contribution in [0.15, 0.2) is 48.5 Å². The lowest BCUT2D eigenvalue weighted by Crippen LogP contribution is -2.31.